The molecule has 1 amide bonds. The summed E-state index contributed by atoms with van der Waals surface area (Å²) in [5.41, 5.74) is 0.864. The van der Waals surface area contributed by atoms with Gasteiger partial charge in [-0.1, -0.05) is 18.2 Å². The van der Waals surface area contributed by atoms with Gasteiger partial charge in [-0.3, -0.25) is 19.0 Å². The number of benzene rings is 2. The Hall–Kier alpha value is -3.94. The number of carboxylic acid groups (broad SMARTS) is 1. The highest BCUT2D eigenvalue weighted by atomic mass is 16.5. The molecule has 164 valence electrons. The van der Waals surface area contributed by atoms with Crippen molar-refractivity contribution in [1.29, 1.82) is 0 Å². The van der Waals surface area contributed by atoms with Crippen LogP contribution in [0.25, 0.3) is 22.6 Å². The molecule has 2 heterocycles. The van der Waals surface area contributed by atoms with E-state index in [1.54, 1.807) is 29.9 Å². The van der Waals surface area contributed by atoms with Crippen LogP contribution in [0.15, 0.2) is 47.3 Å². The topological polar surface area (TPSA) is 111 Å². The smallest absolute Gasteiger partial charge is 0.318 e. The summed E-state index contributed by atoms with van der Waals surface area (Å²) in [7, 11) is 1.61. The van der Waals surface area contributed by atoms with E-state index in [2.05, 4.69) is 5.32 Å². The van der Waals surface area contributed by atoms with E-state index in [0.717, 1.165) is 16.9 Å². The number of ether oxygens (including phenoxy) is 1. The molecule has 2 aromatic carbocycles. The Morgan fingerprint density at radius 2 is 1.97 bits per heavy atom. The van der Waals surface area contributed by atoms with Crippen molar-refractivity contribution in [3.05, 3.63) is 64.2 Å². The number of carboxylic acids is 1. The molecular formula is C24H23N3O5. The summed E-state index contributed by atoms with van der Waals surface area (Å²) in [6.07, 6.45) is 2.63. The molecule has 0 unspecified atom stereocenters. The largest absolute Gasteiger partial charge is 0.496 e. The first-order valence-electron chi connectivity index (χ1n) is 10.2. The Morgan fingerprint density at radius 3 is 2.69 bits per heavy atom. The highest BCUT2D eigenvalue weighted by Gasteiger charge is 2.36. The van der Waals surface area contributed by atoms with Gasteiger partial charge in [-0.05, 0) is 56.2 Å². The molecule has 1 aromatic heterocycles. The number of aromatic nitrogens is 2. The molecular weight excluding hydrogens is 410 g/mol. The molecule has 32 heavy (non-hydrogen) atoms. The van der Waals surface area contributed by atoms with Gasteiger partial charge in [0.05, 0.1) is 18.0 Å². The Balaban J connectivity index is 1.76. The van der Waals surface area contributed by atoms with Crippen molar-refractivity contribution < 1.29 is 19.4 Å². The van der Waals surface area contributed by atoms with E-state index in [1.165, 1.54) is 13.8 Å². The van der Waals surface area contributed by atoms with Crippen molar-refractivity contribution in [2.24, 2.45) is 5.41 Å². The van der Waals surface area contributed by atoms with Gasteiger partial charge in [0.15, 0.2) is 0 Å². The number of hydrogen-bond acceptors (Lipinski definition) is 5. The van der Waals surface area contributed by atoms with E-state index in [4.69, 9.17) is 9.72 Å². The van der Waals surface area contributed by atoms with Gasteiger partial charge in [0.25, 0.3) is 5.56 Å². The molecule has 1 aliphatic rings. The summed E-state index contributed by atoms with van der Waals surface area (Å²) >= 11 is 0. The molecule has 0 radical (unpaired) electrons. The number of fused-ring (bicyclic) bond motifs is 2. The lowest BCUT2D eigenvalue weighted by molar-refractivity contribution is -0.151. The van der Waals surface area contributed by atoms with Gasteiger partial charge in [-0.15, -0.1) is 0 Å². The lowest BCUT2D eigenvalue weighted by Crippen LogP contribution is -2.37. The Labute approximate surface area is 184 Å². The molecule has 0 fully saturated rings. The Kier molecular flexibility index (Phi) is 5.30. The summed E-state index contributed by atoms with van der Waals surface area (Å²) < 4.78 is 7.07. The predicted octanol–water partition coefficient (Wildman–Crippen LogP) is 3.40. The van der Waals surface area contributed by atoms with Gasteiger partial charge in [-0.25, -0.2) is 4.98 Å². The Bertz CT molecular complexity index is 1340. The zero-order valence-corrected chi connectivity index (χ0v) is 18.0. The van der Waals surface area contributed by atoms with Gasteiger partial charge in [-0.2, -0.15) is 0 Å². The molecule has 0 atom stereocenters. The van der Waals surface area contributed by atoms with Crippen LogP contribution < -0.4 is 15.6 Å². The third-order valence-electron chi connectivity index (χ3n) is 5.68. The first kappa shape index (κ1) is 21.3. The SMILES string of the molecule is COc1ccccc1/C=C1\CCn2c1nc1cc(NC(=O)C(C)(C)C(=O)O)ccc1c2=O. The summed E-state index contributed by atoms with van der Waals surface area (Å²) in [5, 5.41) is 12.3. The number of aliphatic carboxylic acids is 1. The molecule has 1 aliphatic heterocycles. The van der Waals surface area contributed by atoms with Crippen LogP contribution in [0.5, 0.6) is 5.75 Å². The lowest BCUT2D eigenvalue weighted by atomic mass is 9.92. The van der Waals surface area contributed by atoms with Gasteiger partial charge in [0.2, 0.25) is 5.91 Å². The monoisotopic (exact) mass is 433 g/mol. The number of allylic oxidation sites excluding steroid dienone is 1. The van der Waals surface area contributed by atoms with Crippen LogP contribution in [-0.2, 0) is 16.1 Å². The molecule has 3 aromatic rings. The lowest BCUT2D eigenvalue weighted by Gasteiger charge is -2.18. The zero-order valence-electron chi connectivity index (χ0n) is 18.0. The number of nitrogens with one attached hydrogen (secondary N) is 1. The van der Waals surface area contributed by atoms with Crippen molar-refractivity contribution in [3.63, 3.8) is 0 Å². The fraction of sp³-hybridized carbons (Fsp3) is 0.250. The summed E-state index contributed by atoms with van der Waals surface area (Å²) in [5.74, 6) is -0.578. The molecule has 4 rings (SSSR count). The first-order valence-corrected chi connectivity index (χ1v) is 10.2. The van der Waals surface area contributed by atoms with Crippen LogP contribution in [0.4, 0.5) is 5.69 Å². The molecule has 0 aliphatic carbocycles. The number of carbonyl (C=O) groups excluding carboxylic acids is 1. The second kappa shape index (κ2) is 7.96. The fourth-order valence-electron chi connectivity index (χ4n) is 3.59. The number of nitrogens with zero attached hydrogens (tertiary/aromatic N) is 2. The third kappa shape index (κ3) is 3.64. The van der Waals surface area contributed by atoms with E-state index >= 15 is 0 Å². The average Bonchev–Trinajstić information content (AvgIpc) is 3.16. The van der Waals surface area contributed by atoms with Crippen molar-refractivity contribution >= 4 is 40.1 Å². The maximum atomic E-state index is 13.0. The van der Waals surface area contributed by atoms with Crippen LogP contribution in [0, 0.1) is 5.41 Å². The predicted molar refractivity (Wildman–Crippen MR) is 122 cm³/mol. The maximum Gasteiger partial charge on any atom is 0.318 e. The summed E-state index contributed by atoms with van der Waals surface area (Å²) in [6, 6.07) is 12.4. The van der Waals surface area contributed by atoms with Gasteiger partial charge >= 0.3 is 5.97 Å². The van der Waals surface area contributed by atoms with Crippen LogP contribution >= 0.6 is 0 Å². The highest BCUT2D eigenvalue weighted by Crippen LogP contribution is 2.31. The normalized spacial score (nSPS) is 14.4. The molecule has 0 bridgehead atoms. The standard InChI is InChI=1S/C24H23N3O5/c1-24(2,23(30)31)22(29)25-16-8-9-17-18(13-16)26-20-15(10-11-27(20)21(17)28)12-14-6-4-5-7-19(14)32-3/h4-9,12-13H,10-11H2,1-3H3,(H,25,29)(H,30,31)/b15-12+. The van der Waals surface area contributed by atoms with Crippen molar-refractivity contribution in [1.82, 2.24) is 9.55 Å². The molecule has 8 nitrogen and oxygen atoms in total. The molecule has 0 saturated heterocycles. The second-order valence-electron chi connectivity index (χ2n) is 8.17. The van der Waals surface area contributed by atoms with Gasteiger partial charge in [0.1, 0.15) is 17.0 Å². The van der Waals surface area contributed by atoms with Crippen molar-refractivity contribution in [2.45, 2.75) is 26.8 Å². The quantitative estimate of drug-likeness (QED) is 0.597. The van der Waals surface area contributed by atoms with E-state index < -0.39 is 17.3 Å². The number of amides is 1. The number of hydrogen-bond donors (Lipinski definition) is 2. The Morgan fingerprint density at radius 1 is 1.22 bits per heavy atom. The minimum absolute atomic E-state index is 0.155. The minimum Gasteiger partial charge on any atom is -0.496 e. The van der Waals surface area contributed by atoms with E-state index in [-0.39, 0.29) is 5.56 Å². The van der Waals surface area contributed by atoms with E-state index in [9.17, 15) is 19.5 Å². The van der Waals surface area contributed by atoms with Crippen molar-refractivity contribution in [3.8, 4) is 5.75 Å². The number of carbonyl (C=O) groups is 2. The van der Waals surface area contributed by atoms with Crippen LogP contribution in [0.1, 0.15) is 31.7 Å². The second-order valence-corrected chi connectivity index (χ2v) is 8.17. The van der Waals surface area contributed by atoms with Crippen LogP contribution in [-0.4, -0.2) is 33.6 Å². The zero-order chi connectivity index (χ0) is 23.0. The molecule has 2 N–H and O–H groups in total. The van der Waals surface area contributed by atoms with Crippen LogP contribution in [0.2, 0.25) is 0 Å². The number of rotatable bonds is 5. The molecule has 8 heteroatoms. The molecule has 0 spiro atoms. The molecule has 0 saturated carbocycles. The number of anilines is 1. The summed E-state index contributed by atoms with van der Waals surface area (Å²) in [4.78, 5) is 41.5. The first-order chi connectivity index (χ1) is 15.2. The van der Waals surface area contributed by atoms with Crippen molar-refractivity contribution in [2.75, 3.05) is 12.4 Å². The van der Waals surface area contributed by atoms with E-state index in [0.29, 0.717) is 35.4 Å². The van der Waals surface area contributed by atoms with Gasteiger partial charge in [0, 0.05) is 17.8 Å². The number of para-hydroxylation sites is 1. The number of methoxy groups -OCH3 is 1. The van der Waals surface area contributed by atoms with E-state index in [1.807, 2.05) is 30.3 Å². The highest BCUT2D eigenvalue weighted by molar-refractivity contribution is 6.08. The fourth-order valence-corrected chi connectivity index (χ4v) is 3.59. The average molecular weight is 433 g/mol. The van der Waals surface area contributed by atoms with Crippen LogP contribution in [0.3, 0.4) is 0 Å². The summed E-state index contributed by atoms with van der Waals surface area (Å²) in [6.45, 7) is 3.19. The third-order valence-corrected chi connectivity index (χ3v) is 5.68. The minimum atomic E-state index is -1.59. The van der Waals surface area contributed by atoms with Gasteiger partial charge < -0.3 is 15.2 Å². The maximum absolute atomic E-state index is 13.0.